The Labute approximate surface area is 191 Å². The van der Waals surface area contributed by atoms with E-state index in [0.717, 1.165) is 56.5 Å². The molecule has 1 aromatic carbocycles. The molecule has 32 heavy (non-hydrogen) atoms. The number of hydrogen-bond acceptors (Lipinski definition) is 3. The fourth-order valence-electron chi connectivity index (χ4n) is 4.93. The summed E-state index contributed by atoms with van der Waals surface area (Å²) in [7, 11) is 0. The molecule has 0 spiro atoms. The summed E-state index contributed by atoms with van der Waals surface area (Å²) in [6, 6.07) is 10.3. The molecule has 0 saturated carbocycles. The van der Waals surface area contributed by atoms with Crippen LogP contribution in [0.5, 0.6) is 0 Å². The average Bonchev–Trinajstić information content (AvgIpc) is 3.23. The molecule has 2 aromatic rings. The highest BCUT2D eigenvalue weighted by molar-refractivity contribution is 5.96. The van der Waals surface area contributed by atoms with Gasteiger partial charge in [0.05, 0.1) is 11.7 Å². The third-order valence-corrected chi connectivity index (χ3v) is 6.84. The number of fused-ring (bicyclic) bond motifs is 1. The summed E-state index contributed by atoms with van der Waals surface area (Å²) in [6.45, 7) is 8.79. The fourth-order valence-corrected chi connectivity index (χ4v) is 4.93. The minimum atomic E-state index is -0.0824. The van der Waals surface area contributed by atoms with Gasteiger partial charge in [0.1, 0.15) is 12.2 Å². The topological polar surface area (TPSA) is 58.4 Å². The van der Waals surface area contributed by atoms with Crippen LogP contribution in [0.1, 0.15) is 74.5 Å². The Morgan fingerprint density at radius 1 is 1.16 bits per heavy atom. The smallest absolute Gasteiger partial charge is 0.272 e. The third kappa shape index (κ3) is 4.89. The van der Waals surface area contributed by atoms with Crippen LogP contribution in [0.4, 0.5) is 0 Å². The van der Waals surface area contributed by atoms with Crippen LogP contribution in [-0.4, -0.2) is 57.6 Å². The molecule has 2 atom stereocenters. The van der Waals surface area contributed by atoms with Gasteiger partial charge in [0.2, 0.25) is 5.91 Å². The van der Waals surface area contributed by atoms with Gasteiger partial charge in [-0.3, -0.25) is 14.3 Å². The zero-order valence-electron chi connectivity index (χ0n) is 19.7. The molecular formula is C26H36N4O2. The van der Waals surface area contributed by atoms with Crippen molar-refractivity contribution in [2.75, 3.05) is 26.2 Å². The molecule has 2 aliphatic heterocycles. The quantitative estimate of drug-likeness (QED) is 0.592. The van der Waals surface area contributed by atoms with Crippen LogP contribution in [0.25, 0.3) is 11.3 Å². The number of benzene rings is 1. The summed E-state index contributed by atoms with van der Waals surface area (Å²) in [6.07, 6.45) is 6.60. The predicted octanol–water partition coefficient (Wildman–Crippen LogP) is 4.69. The Hall–Kier alpha value is -2.63. The maximum absolute atomic E-state index is 13.4. The molecule has 1 unspecified atom stereocenters. The van der Waals surface area contributed by atoms with Gasteiger partial charge in [0.15, 0.2) is 0 Å². The minimum Gasteiger partial charge on any atom is -0.341 e. The Balaban J connectivity index is 1.57. The number of carbonyl (C=O) groups excluding carboxylic acids is 2. The van der Waals surface area contributed by atoms with Crippen LogP contribution < -0.4 is 0 Å². The van der Waals surface area contributed by atoms with Crippen molar-refractivity contribution >= 4 is 11.8 Å². The van der Waals surface area contributed by atoms with Gasteiger partial charge in [-0.1, -0.05) is 62.9 Å². The van der Waals surface area contributed by atoms with Gasteiger partial charge in [-0.2, -0.15) is 5.10 Å². The Morgan fingerprint density at radius 2 is 1.94 bits per heavy atom. The molecule has 4 rings (SSSR count). The number of amides is 2. The number of nitrogens with zero attached hydrogens (tertiary/aromatic N) is 4. The number of carbonyl (C=O) groups is 2. The Morgan fingerprint density at radius 3 is 2.66 bits per heavy atom. The number of aryl methyl sites for hydroxylation is 1. The third-order valence-electron chi connectivity index (χ3n) is 6.84. The largest absolute Gasteiger partial charge is 0.341 e. The molecule has 6 heteroatoms. The molecule has 0 N–H and O–H groups in total. The van der Waals surface area contributed by atoms with Crippen molar-refractivity contribution < 1.29 is 9.59 Å². The number of likely N-dealkylation sites (tertiary alicyclic amines) is 1. The van der Waals surface area contributed by atoms with Crippen molar-refractivity contribution in [1.82, 2.24) is 19.6 Å². The van der Waals surface area contributed by atoms with Crippen LogP contribution in [0.2, 0.25) is 0 Å². The first-order chi connectivity index (χ1) is 15.5. The van der Waals surface area contributed by atoms with Gasteiger partial charge in [-0.05, 0) is 38.2 Å². The van der Waals surface area contributed by atoms with Crippen molar-refractivity contribution in [3.8, 4) is 11.3 Å². The highest BCUT2D eigenvalue weighted by atomic mass is 16.2. The second kappa shape index (κ2) is 9.88. The lowest BCUT2D eigenvalue weighted by Gasteiger charge is -2.36. The molecule has 6 nitrogen and oxygen atoms in total. The van der Waals surface area contributed by atoms with E-state index in [1.54, 1.807) is 4.90 Å². The van der Waals surface area contributed by atoms with Crippen LogP contribution in [0, 0.1) is 12.8 Å². The van der Waals surface area contributed by atoms with Crippen molar-refractivity contribution in [2.45, 2.75) is 65.3 Å². The van der Waals surface area contributed by atoms with Crippen LogP contribution in [-0.2, 0) is 4.79 Å². The Bertz CT molecular complexity index is 949. The summed E-state index contributed by atoms with van der Waals surface area (Å²) in [5.41, 5.74) is 3.64. The molecule has 0 radical (unpaired) electrons. The first-order valence-electron chi connectivity index (χ1n) is 12.2. The van der Waals surface area contributed by atoms with Gasteiger partial charge in [0.25, 0.3) is 5.91 Å². The second-order valence-electron chi connectivity index (χ2n) is 9.65. The van der Waals surface area contributed by atoms with Crippen molar-refractivity contribution in [3.05, 3.63) is 41.6 Å². The first kappa shape index (κ1) is 22.6. The zero-order chi connectivity index (χ0) is 22.7. The van der Waals surface area contributed by atoms with Crippen molar-refractivity contribution in [1.29, 1.82) is 0 Å². The van der Waals surface area contributed by atoms with E-state index in [0.29, 0.717) is 18.2 Å². The van der Waals surface area contributed by atoms with Gasteiger partial charge in [0, 0.05) is 25.2 Å². The number of unbranched alkanes of at least 4 members (excludes halogenated alkanes) is 2. The van der Waals surface area contributed by atoms with Crippen LogP contribution >= 0.6 is 0 Å². The molecular weight excluding hydrogens is 400 g/mol. The van der Waals surface area contributed by atoms with E-state index in [-0.39, 0.29) is 24.4 Å². The number of aromatic nitrogens is 2. The maximum Gasteiger partial charge on any atom is 0.272 e. The number of piperidine rings is 1. The first-order valence-corrected chi connectivity index (χ1v) is 12.2. The molecule has 0 bridgehead atoms. The number of hydrogen-bond donors (Lipinski definition) is 0. The lowest BCUT2D eigenvalue weighted by atomic mass is 10.00. The van der Waals surface area contributed by atoms with E-state index in [1.807, 2.05) is 15.6 Å². The zero-order valence-corrected chi connectivity index (χ0v) is 19.7. The normalized spacial score (nSPS) is 21.0. The lowest BCUT2D eigenvalue weighted by Crippen LogP contribution is -2.50. The maximum atomic E-state index is 13.4. The monoisotopic (exact) mass is 436 g/mol. The van der Waals surface area contributed by atoms with Gasteiger partial charge < -0.3 is 9.80 Å². The average molecular weight is 437 g/mol. The summed E-state index contributed by atoms with van der Waals surface area (Å²) in [4.78, 5) is 30.1. The van der Waals surface area contributed by atoms with E-state index in [4.69, 9.17) is 5.10 Å². The lowest BCUT2D eigenvalue weighted by molar-refractivity contribution is -0.133. The second-order valence-corrected chi connectivity index (χ2v) is 9.65. The van der Waals surface area contributed by atoms with E-state index >= 15 is 0 Å². The highest BCUT2D eigenvalue weighted by Gasteiger charge is 2.35. The van der Waals surface area contributed by atoms with Crippen molar-refractivity contribution in [3.63, 3.8) is 0 Å². The molecule has 2 aliphatic rings. The number of rotatable bonds is 7. The highest BCUT2D eigenvalue weighted by Crippen LogP contribution is 2.29. The van der Waals surface area contributed by atoms with E-state index in [9.17, 15) is 9.59 Å². The van der Waals surface area contributed by atoms with Gasteiger partial charge >= 0.3 is 0 Å². The van der Waals surface area contributed by atoms with E-state index < -0.39 is 0 Å². The summed E-state index contributed by atoms with van der Waals surface area (Å²) < 4.78 is 1.93. The fraction of sp³-hybridized carbons (Fsp3) is 0.577. The SMILES string of the molecule is CCCCCC1CN(CC(=O)N2CCC[C@@H](C)C2)C(=O)c2cc(-c3ccc(C)cc3)nn21. The summed E-state index contributed by atoms with van der Waals surface area (Å²) in [5.74, 6) is 0.523. The molecule has 1 saturated heterocycles. The molecule has 2 amide bonds. The molecule has 1 fully saturated rings. The molecule has 172 valence electrons. The summed E-state index contributed by atoms with van der Waals surface area (Å²) in [5, 5.41) is 4.85. The molecule has 0 aliphatic carbocycles. The summed E-state index contributed by atoms with van der Waals surface area (Å²) >= 11 is 0. The minimum absolute atomic E-state index is 0.0731. The van der Waals surface area contributed by atoms with Gasteiger partial charge in [-0.15, -0.1) is 0 Å². The molecule has 3 heterocycles. The standard InChI is InChI=1S/C26H36N4O2/c1-4-5-6-9-22-17-29(18-25(31)28-14-7-8-20(3)16-28)26(32)24-15-23(27-30(22)24)21-12-10-19(2)11-13-21/h10-13,15,20,22H,4-9,14,16-18H2,1-3H3/t20-,22?/m1/s1. The predicted molar refractivity (Wildman–Crippen MR) is 126 cm³/mol. The van der Waals surface area contributed by atoms with E-state index in [1.165, 1.54) is 12.0 Å². The van der Waals surface area contributed by atoms with Crippen LogP contribution in [0.15, 0.2) is 30.3 Å². The van der Waals surface area contributed by atoms with Crippen molar-refractivity contribution in [2.24, 2.45) is 5.92 Å². The van der Waals surface area contributed by atoms with Gasteiger partial charge in [-0.25, -0.2) is 0 Å². The van der Waals surface area contributed by atoms with E-state index in [2.05, 4.69) is 45.0 Å². The Kier molecular flexibility index (Phi) is 6.97. The molecule has 1 aromatic heterocycles. The van der Waals surface area contributed by atoms with Crippen LogP contribution in [0.3, 0.4) is 0 Å².